The van der Waals surface area contributed by atoms with Crippen LogP contribution in [0, 0.1) is 11.3 Å². The fourth-order valence-corrected chi connectivity index (χ4v) is 14.4. The number of aliphatic carboxylic acids is 1. The van der Waals surface area contributed by atoms with Gasteiger partial charge in [-0.15, -0.1) is 0 Å². The summed E-state index contributed by atoms with van der Waals surface area (Å²) in [5.41, 5.74) is 23.2. The molecule has 0 spiro atoms. The molecule has 0 atom stereocenters. The van der Waals surface area contributed by atoms with Crippen LogP contribution in [0.4, 0.5) is 17.1 Å². The molecule has 0 bridgehead atoms. The molecule has 0 saturated carbocycles. The van der Waals surface area contributed by atoms with E-state index in [0.717, 1.165) is 75.3 Å². The summed E-state index contributed by atoms with van der Waals surface area (Å²) in [6.07, 6.45) is 22.1. The van der Waals surface area contributed by atoms with Crippen molar-refractivity contribution in [3.63, 3.8) is 0 Å². The van der Waals surface area contributed by atoms with Gasteiger partial charge < -0.3 is 10.0 Å². The predicted octanol–water partition coefficient (Wildman–Crippen LogP) is 20.8. The number of nitrogens with zero attached hydrogens (tertiary/aromatic N) is 2. The Balaban J connectivity index is 1.19. The van der Waals surface area contributed by atoms with Crippen molar-refractivity contribution in [2.75, 3.05) is 4.90 Å². The fourth-order valence-electron chi connectivity index (χ4n) is 14.4. The van der Waals surface area contributed by atoms with Crippen LogP contribution >= 0.6 is 0 Å². The zero-order chi connectivity index (χ0) is 53.7. The summed E-state index contributed by atoms with van der Waals surface area (Å²) in [7, 11) is 0. The monoisotopic (exact) mass is 1020 g/mol. The number of rotatable bonds is 24. The Bertz CT molecular complexity index is 3200. The lowest BCUT2D eigenvalue weighted by molar-refractivity contribution is -0.132. The molecule has 77 heavy (non-hydrogen) atoms. The van der Waals surface area contributed by atoms with E-state index in [1.807, 2.05) is 18.2 Å². The van der Waals surface area contributed by atoms with Crippen LogP contribution in [0.1, 0.15) is 196 Å². The lowest BCUT2D eigenvalue weighted by atomic mass is 9.70. The van der Waals surface area contributed by atoms with E-state index in [0.29, 0.717) is 5.56 Å². The van der Waals surface area contributed by atoms with E-state index in [2.05, 4.69) is 180 Å². The van der Waals surface area contributed by atoms with Crippen molar-refractivity contribution in [2.45, 2.75) is 173 Å². The molecule has 4 nitrogen and oxygen atoms in total. The second kappa shape index (κ2) is 22.9. The van der Waals surface area contributed by atoms with E-state index >= 15 is 0 Å². The SMILES string of the molecule is CCCCC1(CCCC)c2ccccc2-c2ccc(N(c3ccc4c(c3)C(CCCC)(CCCC)c3ccccc3-4)c3ccc4c(c3)C(CCCC)(CCCC)c3cc(-c5ccc(C=C(C#N)C(=O)O)cc5)ccc3-4)cc21. The molecule has 0 radical (unpaired) electrons. The van der Waals surface area contributed by atoms with Crippen molar-refractivity contribution in [1.82, 2.24) is 0 Å². The number of carboxylic acid groups (broad SMARTS) is 1. The Morgan fingerprint density at radius 2 is 0.753 bits per heavy atom. The van der Waals surface area contributed by atoms with Gasteiger partial charge in [0.1, 0.15) is 11.6 Å². The molecule has 0 aromatic heterocycles. The summed E-state index contributed by atoms with van der Waals surface area (Å²) in [5.74, 6) is -1.22. The highest BCUT2D eigenvalue weighted by atomic mass is 16.4. The highest BCUT2D eigenvalue weighted by Gasteiger charge is 2.46. The lowest BCUT2D eigenvalue weighted by Crippen LogP contribution is -2.27. The molecule has 0 amide bonds. The number of fused-ring (bicyclic) bond motifs is 9. The summed E-state index contributed by atoms with van der Waals surface area (Å²) in [6, 6.07) is 58.1. The summed E-state index contributed by atoms with van der Waals surface area (Å²) in [4.78, 5) is 14.3. The predicted molar refractivity (Wildman–Crippen MR) is 324 cm³/mol. The van der Waals surface area contributed by atoms with Gasteiger partial charge in [-0.2, -0.15) is 5.26 Å². The number of hydrogen-bond donors (Lipinski definition) is 1. The molecule has 1 N–H and O–H groups in total. The van der Waals surface area contributed by atoms with Crippen LogP contribution < -0.4 is 4.90 Å². The highest BCUT2D eigenvalue weighted by Crippen LogP contribution is 2.60. The number of nitriles is 1. The molecule has 394 valence electrons. The molecule has 0 unspecified atom stereocenters. The van der Waals surface area contributed by atoms with Gasteiger partial charge >= 0.3 is 5.97 Å². The van der Waals surface area contributed by atoms with Crippen molar-refractivity contribution in [3.05, 3.63) is 190 Å². The minimum atomic E-state index is -1.22. The molecule has 0 saturated heterocycles. The van der Waals surface area contributed by atoms with Crippen LogP contribution in [0.5, 0.6) is 0 Å². The van der Waals surface area contributed by atoms with Gasteiger partial charge in [-0.05, 0) is 171 Å². The lowest BCUT2D eigenvalue weighted by Gasteiger charge is -2.36. The first kappa shape index (κ1) is 53.4. The Hall–Kier alpha value is -6.96. The number of carbonyl (C=O) groups is 1. The van der Waals surface area contributed by atoms with E-state index < -0.39 is 5.97 Å². The van der Waals surface area contributed by atoms with E-state index in [1.54, 1.807) is 0 Å². The summed E-state index contributed by atoms with van der Waals surface area (Å²) in [5, 5.41) is 19.0. The average Bonchev–Trinajstić information content (AvgIpc) is 4.14. The molecule has 0 fully saturated rings. The van der Waals surface area contributed by atoms with Crippen molar-refractivity contribution >= 4 is 29.1 Å². The topological polar surface area (TPSA) is 64.3 Å². The van der Waals surface area contributed by atoms with Gasteiger partial charge in [0.25, 0.3) is 0 Å². The van der Waals surface area contributed by atoms with E-state index in [-0.39, 0.29) is 21.8 Å². The van der Waals surface area contributed by atoms with Crippen LogP contribution in [-0.2, 0) is 21.0 Å². The molecule has 4 heteroatoms. The van der Waals surface area contributed by atoms with Crippen LogP contribution in [0.15, 0.2) is 151 Å². The zero-order valence-electron chi connectivity index (χ0n) is 46.9. The van der Waals surface area contributed by atoms with Gasteiger partial charge in [0, 0.05) is 33.3 Å². The summed E-state index contributed by atoms with van der Waals surface area (Å²) >= 11 is 0. The van der Waals surface area contributed by atoms with Crippen LogP contribution in [0.3, 0.4) is 0 Å². The third-order valence-corrected chi connectivity index (χ3v) is 18.3. The van der Waals surface area contributed by atoms with Gasteiger partial charge in [-0.25, -0.2) is 4.79 Å². The molecule has 3 aliphatic rings. The molecular weight excluding hydrogens is 937 g/mol. The summed E-state index contributed by atoms with van der Waals surface area (Å²) < 4.78 is 0. The molecule has 0 aliphatic heterocycles. The number of unbranched alkanes of at least 4 members (excludes halogenated alkanes) is 6. The second-order valence-electron chi connectivity index (χ2n) is 22.8. The molecule has 0 heterocycles. The normalized spacial score (nSPS) is 14.7. The van der Waals surface area contributed by atoms with Crippen molar-refractivity contribution in [1.29, 1.82) is 5.26 Å². The molecule has 3 aliphatic carbocycles. The third-order valence-electron chi connectivity index (χ3n) is 18.3. The maximum absolute atomic E-state index is 11.7. The standard InChI is InChI=1S/C73H80N2O2/c1-7-13-39-71(40-14-8-2)64-25-21-19-23-58(64)61-36-32-55(47-67(61)71)75(56-33-37-62-59-24-20-22-26-65(59)72(41-15-9-3,42-16-10-4)68(62)48-56)57-34-38-63-60-35-31-53(52-29-27-51(28-30-52)45-54(50-74)70(76)77)46-66(60)73(43-17-11-5,44-18-12-6)69(63)49-57/h19-38,45-49H,7-18,39-44H2,1-6H3,(H,76,77). The van der Waals surface area contributed by atoms with Crippen molar-refractivity contribution in [3.8, 4) is 50.6 Å². The number of benzene rings is 7. The van der Waals surface area contributed by atoms with Crippen molar-refractivity contribution < 1.29 is 9.90 Å². The molecule has 7 aromatic rings. The quantitative estimate of drug-likeness (QED) is 0.0484. The van der Waals surface area contributed by atoms with E-state index in [4.69, 9.17) is 0 Å². The first-order valence-corrected chi connectivity index (χ1v) is 29.7. The maximum atomic E-state index is 11.7. The Morgan fingerprint density at radius 3 is 1.12 bits per heavy atom. The largest absolute Gasteiger partial charge is 0.477 e. The van der Waals surface area contributed by atoms with Crippen LogP contribution in [-0.4, -0.2) is 11.1 Å². The van der Waals surface area contributed by atoms with Gasteiger partial charge in [0.15, 0.2) is 0 Å². The zero-order valence-corrected chi connectivity index (χ0v) is 46.9. The fraction of sp³-hybridized carbons (Fsp3) is 0.370. The van der Waals surface area contributed by atoms with Gasteiger partial charge in [-0.3, -0.25) is 0 Å². The minimum Gasteiger partial charge on any atom is -0.477 e. The smallest absolute Gasteiger partial charge is 0.346 e. The third kappa shape index (κ3) is 9.47. The second-order valence-corrected chi connectivity index (χ2v) is 22.8. The highest BCUT2D eigenvalue weighted by molar-refractivity contribution is 5.97. The molecule has 10 rings (SSSR count). The first-order chi connectivity index (χ1) is 37.6. The maximum Gasteiger partial charge on any atom is 0.346 e. The minimum absolute atomic E-state index is 0.0452. The Morgan fingerprint density at radius 1 is 0.429 bits per heavy atom. The Kier molecular flexibility index (Phi) is 15.9. The summed E-state index contributed by atoms with van der Waals surface area (Å²) in [6.45, 7) is 14.1. The van der Waals surface area contributed by atoms with Crippen LogP contribution in [0.25, 0.3) is 50.6 Å². The average molecular weight is 1020 g/mol. The molecular formula is C73H80N2O2. The number of carboxylic acids is 1. The van der Waals surface area contributed by atoms with E-state index in [9.17, 15) is 15.2 Å². The van der Waals surface area contributed by atoms with Crippen LogP contribution in [0.2, 0.25) is 0 Å². The van der Waals surface area contributed by atoms with Gasteiger partial charge in [0.05, 0.1) is 0 Å². The van der Waals surface area contributed by atoms with Gasteiger partial charge in [0.2, 0.25) is 0 Å². The van der Waals surface area contributed by atoms with Crippen molar-refractivity contribution in [2.24, 2.45) is 0 Å². The van der Waals surface area contributed by atoms with Gasteiger partial charge in [-0.1, -0.05) is 222 Å². The number of hydrogen-bond acceptors (Lipinski definition) is 3. The van der Waals surface area contributed by atoms with E-state index in [1.165, 1.54) is 141 Å². The molecule has 7 aromatic carbocycles. The Labute approximate surface area is 460 Å². The first-order valence-electron chi connectivity index (χ1n) is 29.7. The number of anilines is 3.